The lowest BCUT2D eigenvalue weighted by Gasteiger charge is -2.30. The topological polar surface area (TPSA) is 24.1 Å². The van der Waals surface area contributed by atoms with Gasteiger partial charge in [0.05, 0.1) is 15.7 Å². The van der Waals surface area contributed by atoms with E-state index in [2.05, 4.69) is 31.4 Å². The minimum Gasteiger partial charge on any atom is -0.384 e. The van der Waals surface area contributed by atoms with Crippen molar-refractivity contribution in [2.75, 3.05) is 5.32 Å². The van der Waals surface area contributed by atoms with Crippen LogP contribution in [0.15, 0.2) is 28.7 Å². The minimum atomic E-state index is -0.457. The van der Waals surface area contributed by atoms with E-state index in [-0.39, 0.29) is 27.2 Å². The molecular formula is C25H32Cl2F2N2. The Morgan fingerprint density at radius 3 is 2.42 bits per heavy atom. The van der Waals surface area contributed by atoms with Crippen molar-refractivity contribution in [2.45, 2.75) is 78.3 Å². The van der Waals surface area contributed by atoms with Gasteiger partial charge in [0, 0.05) is 23.3 Å². The number of anilines is 1. The van der Waals surface area contributed by atoms with Crippen LogP contribution >= 0.6 is 23.2 Å². The lowest BCUT2D eigenvalue weighted by atomic mass is 9.87. The molecule has 6 heteroatoms. The molecule has 0 aliphatic heterocycles. The molecule has 2 nitrogen and oxygen atoms in total. The summed E-state index contributed by atoms with van der Waals surface area (Å²) in [6.45, 7) is 8.19. The Bertz CT molecular complexity index is 932. The molecule has 0 spiro atoms. The number of fused-ring (bicyclic) bond motifs is 2. The van der Waals surface area contributed by atoms with E-state index in [1.54, 1.807) is 6.07 Å². The van der Waals surface area contributed by atoms with Gasteiger partial charge in [-0.1, -0.05) is 56.5 Å². The lowest BCUT2D eigenvalue weighted by molar-refractivity contribution is 0.358. The summed E-state index contributed by atoms with van der Waals surface area (Å²) in [6, 6.07) is 3.28. The standard InChI is InChI=1S/C25H32Cl2F2N2/c1-13(25(2,3)4)30-24-18(28)9-7-16(21(24)26)17-8-10-19(22(27)23(17)29)31-20-12-14-5-6-15(20)11-14/h7,9,13-15,20,30-31H,5-6,8,10-12H2,1-4H3. The largest absolute Gasteiger partial charge is 0.384 e. The fourth-order valence-corrected chi connectivity index (χ4v) is 5.70. The number of rotatable bonds is 5. The highest BCUT2D eigenvalue weighted by molar-refractivity contribution is 6.36. The normalized spacial score (nSPS) is 27.2. The second kappa shape index (κ2) is 8.59. The molecule has 2 N–H and O–H groups in total. The van der Waals surface area contributed by atoms with Gasteiger partial charge in [0.25, 0.3) is 0 Å². The van der Waals surface area contributed by atoms with E-state index in [1.165, 1.54) is 25.3 Å². The van der Waals surface area contributed by atoms with E-state index < -0.39 is 11.6 Å². The molecule has 170 valence electrons. The number of benzene rings is 1. The Labute approximate surface area is 194 Å². The van der Waals surface area contributed by atoms with Gasteiger partial charge >= 0.3 is 0 Å². The van der Waals surface area contributed by atoms with E-state index >= 15 is 4.39 Å². The number of allylic oxidation sites excluding steroid dienone is 4. The van der Waals surface area contributed by atoms with Crippen LogP contribution in [0.1, 0.15) is 71.8 Å². The van der Waals surface area contributed by atoms with Gasteiger partial charge in [-0.3, -0.25) is 0 Å². The smallest absolute Gasteiger partial charge is 0.147 e. The van der Waals surface area contributed by atoms with Crippen molar-refractivity contribution in [3.8, 4) is 0 Å². The van der Waals surface area contributed by atoms with Crippen LogP contribution in [-0.4, -0.2) is 12.1 Å². The summed E-state index contributed by atoms with van der Waals surface area (Å²) < 4.78 is 30.0. The zero-order valence-electron chi connectivity index (χ0n) is 18.7. The first-order valence-electron chi connectivity index (χ1n) is 11.3. The maximum absolute atomic E-state index is 15.4. The fourth-order valence-electron chi connectivity index (χ4n) is 5.12. The summed E-state index contributed by atoms with van der Waals surface area (Å²) in [4.78, 5) is 0. The molecule has 31 heavy (non-hydrogen) atoms. The van der Waals surface area contributed by atoms with Gasteiger partial charge in [0.2, 0.25) is 0 Å². The first-order chi connectivity index (χ1) is 14.6. The number of nitrogens with one attached hydrogen (secondary N) is 2. The molecule has 3 aliphatic rings. The molecule has 4 rings (SSSR count). The SMILES string of the molecule is CC(Nc1c(F)ccc(C2=C(F)C(Cl)=C(NC3CC4CCC3C4)CC2)c1Cl)C(C)(C)C. The Morgan fingerprint density at radius 1 is 1.06 bits per heavy atom. The van der Waals surface area contributed by atoms with Crippen LogP contribution in [0, 0.1) is 23.1 Å². The molecule has 2 bridgehead atoms. The zero-order valence-corrected chi connectivity index (χ0v) is 20.2. The zero-order chi connectivity index (χ0) is 22.5. The maximum atomic E-state index is 15.4. The Morgan fingerprint density at radius 2 is 1.81 bits per heavy atom. The molecular weight excluding hydrogens is 437 g/mol. The molecule has 2 saturated carbocycles. The molecule has 0 saturated heterocycles. The highest BCUT2D eigenvalue weighted by Gasteiger charge is 2.40. The van der Waals surface area contributed by atoms with Crippen LogP contribution in [0.3, 0.4) is 0 Å². The van der Waals surface area contributed by atoms with Gasteiger partial charge in [-0.25, -0.2) is 8.78 Å². The summed E-state index contributed by atoms with van der Waals surface area (Å²) in [6.07, 6.45) is 6.11. The van der Waals surface area contributed by atoms with E-state index in [0.29, 0.717) is 35.9 Å². The molecule has 0 radical (unpaired) electrons. The van der Waals surface area contributed by atoms with Crippen LogP contribution in [0.2, 0.25) is 5.02 Å². The summed E-state index contributed by atoms with van der Waals surface area (Å²) in [5, 5.41) is 7.08. The van der Waals surface area contributed by atoms with Crippen LogP contribution in [0.5, 0.6) is 0 Å². The maximum Gasteiger partial charge on any atom is 0.147 e. The van der Waals surface area contributed by atoms with Crippen molar-refractivity contribution < 1.29 is 8.78 Å². The van der Waals surface area contributed by atoms with Crippen LogP contribution in [-0.2, 0) is 0 Å². The van der Waals surface area contributed by atoms with Crippen LogP contribution in [0.4, 0.5) is 14.5 Å². The van der Waals surface area contributed by atoms with E-state index in [4.69, 9.17) is 23.2 Å². The van der Waals surface area contributed by atoms with Gasteiger partial charge in [0.1, 0.15) is 11.6 Å². The quantitative estimate of drug-likeness (QED) is 0.456. The Balaban J connectivity index is 1.61. The Hall–Kier alpha value is -1.26. The summed E-state index contributed by atoms with van der Waals surface area (Å²) in [5.41, 5.74) is 1.86. The van der Waals surface area contributed by atoms with Crippen molar-refractivity contribution in [3.05, 3.63) is 45.1 Å². The molecule has 1 aromatic carbocycles. The molecule has 4 atom stereocenters. The van der Waals surface area contributed by atoms with E-state index in [9.17, 15) is 4.39 Å². The van der Waals surface area contributed by atoms with E-state index in [0.717, 1.165) is 18.0 Å². The summed E-state index contributed by atoms with van der Waals surface area (Å²) >= 11 is 13.1. The number of hydrogen-bond acceptors (Lipinski definition) is 2. The second-order valence-electron chi connectivity index (χ2n) is 10.5. The van der Waals surface area contributed by atoms with Crippen LogP contribution < -0.4 is 10.6 Å². The van der Waals surface area contributed by atoms with Crippen molar-refractivity contribution in [2.24, 2.45) is 17.3 Å². The Kier molecular flexibility index (Phi) is 6.35. The van der Waals surface area contributed by atoms with Crippen molar-refractivity contribution in [1.29, 1.82) is 0 Å². The molecule has 1 aromatic rings. The lowest BCUT2D eigenvalue weighted by Crippen LogP contribution is -2.34. The van der Waals surface area contributed by atoms with Gasteiger partial charge < -0.3 is 10.6 Å². The van der Waals surface area contributed by atoms with Gasteiger partial charge in [0.15, 0.2) is 0 Å². The number of halogens is 4. The van der Waals surface area contributed by atoms with Gasteiger partial charge in [-0.2, -0.15) is 0 Å². The predicted octanol–water partition coefficient (Wildman–Crippen LogP) is 8.03. The van der Waals surface area contributed by atoms with E-state index in [1.807, 2.05) is 6.92 Å². The van der Waals surface area contributed by atoms with Crippen molar-refractivity contribution >= 4 is 34.5 Å². The average molecular weight is 469 g/mol. The van der Waals surface area contributed by atoms with Gasteiger partial charge in [-0.15, -0.1) is 0 Å². The summed E-state index contributed by atoms with van der Waals surface area (Å²) in [5.74, 6) is 0.588. The second-order valence-corrected chi connectivity index (χ2v) is 11.3. The first kappa shape index (κ1) is 22.9. The molecule has 2 fully saturated rings. The monoisotopic (exact) mass is 468 g/mol. The molecule has 0 amide bonds. The highest BCUT2D eigenvalue weighted by atomic mass is 35.5. The molecule has 4 unspecified atom stereocenters. The number of hydrogen-bond donors (Lipinski definition) is 2. The summed E-state index contributed by atoms with van der Waals surface area (Å²) in [7, 11) is 0. The highest BCUT2D eigenvalue weighted by Crippen LogP contribution is 2.47. The third-order valence-electron chi connectivity index (χ3n) is 7.52. The first-order valence-corrected chi connectivity index (χ1v) is 12.1. The third kappa shape index (κ3) is 4.48. The minimum absolute atomic E-state index is 0.0269. The predicted molar refractivity (Wildman–Crippen MR) is 126 cm³/mol. The third-order valence-corrected chi connectivity index (χ3v) is 8.31. The molecule has 3 aliphatic carbocycles. The average Bonchev–Trinajstić information content (AvgIpc) is 3.32. The van der Waals surface area contributed by atoms with Gasteiger partial charge in [-0.05, 0) is 67.9 Å². The van der Waals surface area contributed by atoms with Crippen molar-refractivity contribution in [1.82, 2.24) is 5.32 Å². The van der Waals surface area contributed by atoms with Crippen LogP contribution in [0.25, 0.3) is 5.57 Å². The molecule has 0 heterocycles. The van der Waals surface area contributed by atoms with Crippen molar-refractivity contribution in [3.63, 3.8) is 0 Å². The molecule has 0 aromatic heterocycles. The fraction of sp³-hybridized carbons (Fsp3) is 0.600.